The number of rotatable bonds is 10. The summed E-state index contributed by atoms with van der Waals surface area (Å²) in [6, 6.07) is 14.4. The lowest BCUT2D eigenvalue weighted by molar-refractivity contribution is -0.127. The summed E-state index contributed by atoms with van der Waals surface area (Å²) in [6.45, 7) is 4.25. The number of carbonyl (C=O) groups is 2. The molecule has 220 valence electrons. The number of fused-ring (bicyclic) bond motifs is 1. The third-order valence-corrected chi connectivity index (χ3v) is 8.68. The number of hydrogen-bond donors (Lipinski definition) is 1. The third-order valence-electron chi connectivity index (χ3n) is 7.52. The summed E-state index contributed by atoms with van der Waals surface area (Å²) < 4.78 is 24.2. The third kappa shape index (κ3) is 6.77. The predicted molar refractivity (Wildman–Crippen MR) is 163 cm³/mol. The second kappa shape index (κ2) is 12.8. The SMILES string of the molecule is CN(C(=O)CC(=O)NC1=CCC(Oc2ccnc3cc(-c4cn(CCN5CCCC5)cn4)sc23)C(F)=C1)c1c#cccc1. The first kappa shape index (κ1) is 28.6. The van der Waals surface area contributed by atoms with Crippen molar-refractivity contribution in [2.75, 3.05) is 31.6 Å². The Bertz CT molecular complexity index is 1670. The fourth-order valence-electron chi connectivity index (χ4n) is 5.13. The molecule has 1 aliphatic heterocycles. The number of amides is 2. The molecule has 1 aliphatic carbocycles. The molecule has 0 bridgehead atoms. The van der Waals surface area contributed by atoms with Crippen LogP contribution in [0.1, 0.15) is 25.7 Å². The van der Waals surface area contributed by atoms with Gasteiger partial charge < -0.3 is 24.4 Å². The smallest absolute Gasteiger partial charge is 0.236 e. The normalized spacial score (nSPS) is 16.8. The lowest BCUT2D eigenvalue weighted by Gasteiger charge is -2.21. The number of anilines is 1. The molecule has 1 unspecified atom stereocenters. The van der Waals surface area contributed by atoms with Gasteiger partial charge in [0.15, 0.2) is 6.10 Å². The van der Waals surface area contributed by atoms with Crippen LogP contribution in [-0.4, -0.2) is 64.0 Å². The Morgan fingerprint density at radius 2 is 2.09 bits per heavy atom. The Balaban J connectivity index is 1.06. The van der Waals surface area contributed by atoms with E-state index in [1.165, 1.54) is 48.2 Å². The number of imidazole rings is 1. The van der Waals surface area contributed by atoms with E-state index in [9.17, 15) is 9.59 Å². The highest BCUT2D eigenvalue weighted by atomic mass is 32.1. The number of nitrogens with zero attached hydrogens (tertiary/aromatic N) is 5. The number of likely N-dealkylation sites (tertiary alicyclic amines) is 1. The minimum atomic E-state index is -0.848. The summed E-state index contributed by atoms with van der Waals surface area (Å²) in [5, 5.41) is 2.61. The zero-order chi connectivity index (χ0) is 29.8. The molecule has 3 aromatic heterocycles. The first-order valence-corrected chi connectivity index (χ1v) is 15.1. The topological polar surface area (TPSA) is 92.6 Å². The molecule has 1 N–H and O–H groups in total. The molecule has 1 atom stereocenters. The van der Waals surface area contributed by atoms with Gasteiger partial charge in [-0.25, -0.2) is 9.37 Å². The molecule has 4 heterocycles. The molecular formula is C32H31FN6O3S. The standard InChI is InChI=1S/C32H31FN6O3S/c1-37(23-7-3-2-4-8-23)31(41)19-30(40)36-22-9-10-27(24(33)17-22)42-28-11-12-34-25-18-29(43-32(25)28)26-20-39(21-35-26)16-15-38-13-5-6-14-38/h2-3,7,9,11-12,17-18,20-21,27H,5-6,10,13-16,19H2,1H3,(H,36,40). The van der Waals surface area contributed by atoms with Crippen LogP contribution in [0, 0.1) is 12.1 Å². The molecule has 1 fully saturated rings. The highest BCUT2D eigenvalue weighted by Crippen LogP contribution is 2.38. The van der Waals surface area contributed by atoms with Crippen molar-refractivity contribution in [3.8, 4) is 16.3 Å². The van der Waals surface area contributed by atoms with Crippen LogP contribution >= 0.6 is 11.3 Å². The van der Waals surface area contributed by atoms with E-state index in [0.717, 1.165) is 33.9 Å². The van der Waals surface area contributed by atoms with E-state index in [0.29, 0.717) is 11.4 Å². The molecule has 2 amide bonds. The van der Waals surface area contributed by atoms with E-state index >= 15 is 4.39 Å². The summed E-state index contributed by atoms with van der Waals surface area (Å²) >= 11 is 1.51. The summed E-state index contributed by atoms with van der Waals surface area (Å²) in [5.41, 5.74) is 2.42. The molecule has 0 spiro atoms. The van der Waals surface area contributed by atoms with Crippen molar-refractivity contribution in [3.63, 3.8) is 0 Å². The molecule has 4 aromatic rings. The van der Waals surface area contributed by atoms with E-state index in [2.05, 4.69) is 43.1 Å². The van der Waals surface area contributed by atoms with Gasteiger partial charge in [-0.2, -0.15) is 0 Å². The van der Waals surface area contributed by atoms with Crippen molar-refractivity contribution in [1.82, 2.24) is 24.8 Å². The van der Waals surface area contributed by atoms with Crippen LogP contribution in [0.4, 0.5) is 10.1 Å². The van der Waals surface area contributed by atoms with Crippen LogP contribution in [0.5, 0.6) is 5.75 Å². The van der Waals surface area contributed by atoms with Gasteiger partial charge in [0.2, 0.25) is 11.8 Å². The average Bonchev–Trinajstić information content (AvgIpc) is 3.79. The van der Waals surface area contributed by atoms with Crippen LogP contribution in [-0.2, 0) is 16.1 Å². The van der Waals surface area contributed by atoms with Gasteiger partial charge >= 0.3 is 0 Å². The summed E-state index contributed by atoms with van der Waals surface area (Å²) in [7, 11) is 1.56. The first-order valence-electron chi connectivity index (χ1n) is 14.2. The van der Waals surface area contributed by atoms with Crippen LogP contribution in [0.25, 0.3) is 20.8 Å². The van der Waals surface area contributed by atoms with Crippen molar-refractivity contribution < 1.29 is 18.7 Å². The van der Waals surface area contributed by atoms with Crippen molar-refractivity contribution in [2.24, 2.45) is 0 Å². The van der Waals surface area contributed by atoms with Gasteiger partial charge in [0, 0.05) is 50.7 Å². The summed E-state index contributed by atoms with van der Waals surface area (Å²) in [5.74, 6) is -0.935. The molecule has 9 nitrogen and oxygen atoms in total. The largest absolute Gasteiger partial charge is 0.481 e. The molecule has 43 heavy (non-hydrogen) atoms. The van der Waals surface area contributed by atoms with E-state index < -0.39 is 30.2 Å². The molecular weight excluding hydrogens is 567 g/mol. The lowest BCUT2D eigenvalue weighted by Crippen LogP contribution is -2.33. The van der Waals surface area contributed by atoms with Gasteiger partial charge in [0.05, 0.1) is 32.8 Å². The Morgan fingerprint density at radius 3 is 2.88 bits per heavy atom. The predicted octanol–water partition coefficient (Wildman–Crippen LogP) is 4.91. The number of halogens is 1. The summed E-state index contributed by atoms with van der Waals surface area (Å²) in [4.78, 5) is 38.8. The molecule has 0 saturated carbocycles. The highest BCUT2D eigenvalue weighted by molar-refractivity contribution is 7.22. The minimum Gasteiger partial charge on any atom is -0.481 e. The van der Waals surface area contributed by atoms with E-state index in [-0.39, 0.29) is 12.1 Å². The van der Waals surface area contributed by atoms with Gasteiger partial charge in [-0.05, 0) is 56.3 Å². The van der Waals surface area contributed by atoms with Crippen LogP contribution in [0.2, 0.25) is 0 Å². The van der Waals surface area contributed by atoms with Gasteiger partial charge in [-0.3, -0.25) is 14.6 Å². The zero-order valence-electron chi connectivity index (χ0n) is 23.8. The van der Waals surface area contributed by atoms with E-state index in [1.807, 2.05) is 12.4 Å². The number of ether oxygens (including phenoxy) is 1. The number of carbonyl (C=O) groups excluding carboxylic acids is 2. The Hall–Kier alpha value is -4.53. The van der Waals surface area contributed by atoms with Crippen molar-refractivity contribution in [2.45, 2.75) is 38.3 Å². The molecule has 11 heteroatoms. The number of pyridine rings is 1. The quantitative estimate of drug-likeness (QED) is 0.261. The number of allylic oxidation sites excluding steroid dienone is 1. The van der Waals surface area contributed by atoms with Crippen molar-refractivity contribution >= 4 is 39.1 Å². The minimum absolute atomic E-state index is 0.212. The van der Waals surface area contributed by atoms with Gasteiger partial charge in [0.25, 0.3) is 0 Å². The molecule has 2 aliphatic rings. The second-order valence-electron chi connectivity index (χ2n) is 10.6. The number of thiophene rings is 1. The van der Waals surface area contributed by atoms with Gasteiger partial charge in [-0.15, -0.1) is 11.3 Å². The Morgan fingerprint density at radius 1 is 1.23 bits per heavy atom. The fourth-order valence-corrected chi connectivity index (χ4v) is 6.17. The van der Waals surface area contributed by atoms with Gasteiger partial charge in [0.1, 0.15) is 18.0 Å². The second-order valence-corrected chi connectivity index (χ2v) is 11.6. The molecule has 6 rings (SSSR count). The zero-order valence-corrected chi connectivity index (χ0v) is 24.6. The molecule has 1 saturated heterocycles. The van der Waals surface area contributed by atoms with Crippen LogP contribution in [0.3, 0.4) is 0 Å². The fraction of sp³-hybridized carbons (Fsp3) is 0.312. The number of aromatic nitrogens is 3. The first-order chi connectivity index (χ1) is 20.9. The number of hydrogen-bond acceptors (Lipinski definition) is 7. The maximum atomic E-state index is 15.1. The molecule has 0 radical (unpaired) electrons. The average molecular weight is 599 g/mol. The van der Waals surface area contributed by atoms with Crippen molar-refractivity contribution in [1.29, 1.82) is 0 Å². The summed E-state index contributed by atoms with van der Waals surface area (Å²) in [6.07, 6.45) is 10.00. The highest BCUT2D eigenvalue weighted by Gasteiger charge is 2.24. The number of nitrogens with one attached hydrogen (secondary N) is 1. The molecule has 1 aromatic carbocycles. The maximum Gasteiger partial charge on any atom is 0.236 e. The van der Waals surface area contributed by atoms with Gasteiger partial charge in [-0.1, -0.05) is 18.2 Å². The monoisotopic (exact) mass is 598 g/mol. The maximum absolute atomic E-state index is 15.1. The van der Waals surface area contributed by atoms with E-state index in [1.54, 1.807) is 43.6 Å². The lowest BCUT2D eigenvalue weighted by atomic mass is 10.1. The van der Waals surface area contributed by atoms with E-state index in [4.69, 9.17) is 4.74 Å². The Labute approximate surface area is 253 Å². The van der Waals surface area contributed by atoms with Crippen LogP contribution < -0.4 is 15.0 Å². The van der Waals surface area contributed by atoms with Crippen LogP contribution in [0.15, 0.2) is 72.7 Å². The van der Waals surface area contributed by atoms with Crippen molar-refractivity contribution in [3.05, 3.63) is 84.9 Å². The Kier molecular flexibility index (Phi) is 8.49.